The van der Waals surface area contributed by atoms with Gasteiger partial charge in [0.2, 0.25) is 0 Å². The number of carbonyl (C=O) groups is 4. The normalized spacial score (nSPS) is 18.9. The number of benzene rings is 2. The Morgan fingerprint density at radius 1 is 0.975 bits per heavy atom. The van der Waals surface area contributed by atoms with Gasteiger partial charge in [-0.15, -0.1) is 0 Å². The predicted octanol–water partition coefficient (Wildman–Crippen LogP) is 6.08. The van der Waals surface area contributed by atoms with E-state index in [-0.39, 0.29) is 40.8 Å². The molecule has 2 atom stereocenters. The van der Waals surface area contributed by atoms with Crippen molar-refractivity contribution in [2.24, 2.45) is 0 Å². The molecule has 0 N–H and O–H groups in total. The summed E-state index contributed by atoms with van der Waals surface area (Å²) in [5.74, 6) is -1.11. The third-order valence-corrected chi connectivity index (χ3v) is 6.40. The molecule has 0 aromatic heterocycles. The number of hydrogen-bond acceptors (Lipinski definition) is 9. The van der Waals surface area contributed by atoms with Crippen LogP contribution in [0.4, 0.5) is 0 Å². The summed E-state index contributed by atoms with van der Waals surface area (Å²) < 4.78 is 28.7. The highest BCUT2D eigenvalue weighted by atomic mass is 16.6. The van der Waals surface area contributed by atoms with E-state index < -0.39 is 29.6 Å². The van der Waals surface area contributed by atoms with Crippen molar-refractivity contribution < 1.29 is 42.9 Å². The van der Waals surface area contributed by atoms with Gasteiger partial charge in [0.15, 0.2) is 11.5 Å². The summed E-state index contributed by atoms with van der Waals surface area (Å²) in [6.45, 7) is 9.78. The van der Waals surface area contributed by atoms with Gasteiger partial charge in [-0.05, 0) is 57.9 Å². The van der Waals surface area contributed by atoms with Gasteiger partial charge in [0.05, 0.1) is 12.0 Å². The van der Waals surface area contributed by atoms with E-state index in [2.05, 4.69) is 6.08 Å². The van der Waals surface area contributed by atoms with Crippen molar-refractivity contribution in [2.75, 3.05) is 0 Å². The molecule has 4 rings (SSSR count). The number of rotatable bonds is 7. The summed E-state index contributed by atoms with van der Waals surface area (Å²) in [7, 11) is 0. The van der Waals surface area contributed by atoms with Gasteiger partial charge in [-0.2, -0.15) is 0 Å². The number of hydrogen-bond donors (Lipinski definition) is 0. The first-order valence-electron chi connectivity index (χ1n) is 13.0. The van der Waals surface area contributed by atoms with Gasteiger partial charge < -0.3 is 23.7 Å². The molecule has 2 aromatic carbocycles. The minimum absolute atomic E-state index is 0.0801. The number of Topliss-reactive ketones (excluding diaryl/α,β-unsaturated/α-hetero) is 1. The van der Waals surface area contributed by atoms with E-state index >= 15 is 0 Å². The van der Waals surface area contributed by atoms with Crippen molar-refractivity contribution in [3.05, 3.63) is 58.7 Å². The molecule has 2 unspecified atom stereocenters. The van der Waals surface area contributed by atoms with Crippen LogP contribution in [0.1, 0.15) is 88.4 Å². The highest BCUT2D eigenvalue weighted by Crippen LogP contribution is 2.49. The Morgan fingerprint density at radius 2 is 1.68 bits per heavy atom. The van der Waals surface area contributed by atoms with Crippen molar-refractivity contribution in [3.8, 4) is 28.7 Å². The van der Waals surface area contributed by atoms with E-state index in [1.54, 1.807) is 12.1 Å². The Balaban J connectivity index is 1.75. The minimum atomic E-state index is -0.841. The molecule has 2 aliphatic rings. The molecule has 0 saturated carbocycles. The number of allylic oxidation sites excluding steroid dienone is 2. The van der Waals surface area contributed by atoms with Crippen LogP contribution < -0.4 is 23.7 Å². The van der Waals surface area contributed by atoms with Gasteiger partial charge in [-0.25, -0.2) is 0 Å². The zero-order chi connectivity index (χ0) is 29.2. The lowest BCUT2D eigenvalue weighted by Gasteiger charge is -2.34. The molecule has 0 saturated heterocycles. The first-order valence-corrected chi connectivity index (χ1v) is 13.0. The van der Waals surface area contributed by atoms with Crippen LogP contribution in [0, 0.1) is 0 Å². The molecule has 0 bridgehead atoms. The SMILES string of the molecule is CC(=O)Oc1ccc(C2CC(=O)c3c(cc4c(c3OC(C)=O)C=CC(C)(CCC=C(C)C)O4)O2)c(OC(C)=O)c1. The maximum atomic E-state index is 13.5. The van der Waals surface area contributed by atoms with E-state index in [4.69, 9.17) is 23.7 Å². The molecule has 0 amide bonds. The second-order valence-electron chi connectivity index (χ2n) is 10.3. The van der Waals surface area contributed by atoms with Gasteiger partial charge in [0.25, 0.3) is 0 Å². The van der Waals surface area contributed by atoms with Crippen molar-refractivity contribution in [2.45, 2.75) is 72.5 Å². The Morgan fingerprint density at radius 3 is 2.33 bits per heavy atom. The van der Waals surface area contributed by atoms with Gasteiger partial charge in [-0.3, -0.25) is 19.2 Å². The monoisotopic (exact) mass is 548 g/mol. The average Bonchev–Trinajstić information content (AvgIpc) is 2.82. The first-order chi connectivity index (χ1) is 18.8. The van der Waals surface area contributed by atoms with E-state index in [1.807, 2.05) is 32.9 Å². The highest BCUT2D eigenvalue weighted by molar-refractivity contribution is 6.05. The number of ketones is 1. The van der Waals surface area contributed by atoms with E-state index in [9.17, 15) is 19.2 Å². The molecule has 9 nitrogen and oxygen atoms in total. The summed E-state index contributed by atoms with van der Waals surface area (Å²) in [6, 6.07) is 6.12. The van der Waals surface area contributed by atoms with Crippen LogP contribution in [0.25, 0.3) is 6.08 Å². The second-order valence-corrected chi connectivity index (χ2v) is 10.3. The van der Waals surface area contributed by atoms with Gasteiger partial charge in [0.1, 0.15) is 40.3 Å². The van der Waals surface area contributed by atoms with Crippen molar-refractivity contribution in [3.63, 3.8) is 0 Å². The lowest BCUT2D eigenvalue weighted by atomic mass is 9.90. The van der Waals surface area contributed by atoms with Crippen LogP contribution >= 0.6 is 0 Å². The van der Waals surface area contributed by atoms with Gasteiger partial charge in [0, 0.05) is 38.5 Å². The van der Waals surface area contributed by atoms with Crippen LogP contribution in [-0.2, 0) is 14.4 Å². The lowest BCUT2D eigenvalue weighted by molar-refractivity contribution is -0.133. The van der Waals surface area contributed by atoms with E-state index in [1.165, 1.54) is 38.5 Å². The molecule has 0 spiro atoms. The smallest absolute Gasteiger partial charge is 0.308 e. The maximum Gasteiger partial charge on any atom is 0.308 e. The molecule has 2 heterocycles. The van der Waals surface area contributed by atoms with E-state index in [0.29, 0.717) is 23.3 Å². The molecule has 210 valence electrons. The molecular weight excluding hydrogens is 516 g/mol. The van der Waals surface area contributed by atoms with Gasteiger partial charge >= 0.3 is 17.9 Å². The summed E-state index contributed by atoms with van der Waals surface area (Å²) in [5, 5.41) is 0. The number of carbonyl (C=O) groups excluding carboxylic acids is 4. The fraction of sp³-hybridized carbons (Fsp3) is 0.355. The summed E-state index contributed by atoms with van der Waals surface area (Å²) in [6.07, 6.45) is 6.40. The zero-order valence-corrected chi connectivity index (χ0v) is 23.4. The maximum absolute atomic E-state index is 13.5. The molecule has 40 heavy (non-hydrogen) atoms. The predicted molar refractivity (Wildman–Crippen MR) is 146 cm³/mol. The molecule has 0 aliphatic carbocycles. The van der Waals surface area contributed by atoms with Crippen LogP contribution in [0.5, 0.6) is 28.7 Å². The number of esters is 3. The summed E-state index contributed by atoms with van der Waals surface area (Å²) in [4.78, 5) is 48.8. The standard InChI is InChI=1S/C31H32O9/c1-17(2)8-7-12-31(6)13-11-23-27(40-31)16-28-29(30(23)38-20(5)34)24(35)15-26(39-28)22-10-9-21(36-18(3)32)14-25(22)37-19(4)33/h8-11,13-14,16,26H,7,12,15H2,1-6H3. The molecule has 2 aromatic rings. The third-order valence-electron chi connectivity index (χ3n) is 6.40. The number of fused-ring (bicyclic) bond motifs is 2. The average molecular weight is 549 g/mol. The van der Waals surface area contributed by atoms with E-state index in [0.717, 1.165) is 6.42 Å². The Kier molecular flexibility index (Phi) is 8.13. The highest BCUT2D eigenvalue weighted by Gasteiger charge is 2.38. The molecule has 9 heteroatoms. The van der Waals surface area contributed by atoms with Crippen LogP contribution in [0.15, 0.2) is 42.0 Å². The Hall–Kier alpha value is -4.40. The topological polar surface area (TPSA) is 114 Å². The molecular formula is C31H32O9. The van der Waals surface area contributed by atoms with Gasteiger partial charge in [-0.1, -0.05) is 11.6 Å². The number of ether oxygens (including phenoxy) is 5. The fourth-order valence-electron chi connectivity index (χ4n) is 4.70. The third kappa shape index (κ3) is 6.42. The first kappa shape index (κ1) is 28.6. The Bertz CT molecular complexity index is 1450. The molecule has 2 aliphatic heterocycles. The van der Waals surface area contributed by atoms with Crippen LogP contribution in [-0.4, -0.2) is 29.3 Å². The Labute approximate surface area is 232 Å². The van der Waals surface area contributed by atoms with Crippen molar-refractivity contribution >= 4 is 29.8 Å². The van der Waals surface area contributed by atoms with Crippen LogP contribution in [0.3, 0.4) is 0 Å². The van der Waals surface area contributed by atoms with Crippen LogP contribution in [0.2, 0.25) is 0 Å². The quantitative estimate of drug-likeness (QED) is 0.231. The van der Waals surface area contributed by atoms with Crippen molar-refractivity contribution in [1.29, 1.82) is 0 Å². The summed E-state index contributed by atoms with van der Waals surface area (Å²) in [5.41, 5.74) is 1.60. The zero-order valence-electron chi connectivity index (χ0n) is 23.4. The van der Waals surface area contributed by atoms with Crippen molar-refractivity contribution in [1.82, 2.24) is 0 Å². The fourth-order valence-corrected chi connectivity index (χ4v) is 4.70. The summed E-state index contributed by atoms with van der Waals surface area (Å²) >= 11 is 0. The second kappa shape index (κ2) is 11.4. The largest absolute Gasteiger partial charge is 0.484 e. The minimum Gasteiger partial charge on any atom is -0.484 e. The lowest BCUT2D eigenvalue weighted by Crippen LogP contribution is -2.32. The molecule has 0 radical (unpaired) electrons. The molecule has 0 fully saturated rings.